The summed E-state index contributed by atoms with van der Waals surface area (Å²) in [6.07, 6.45) is 6.70. The fourth-order valence-electron chi connectivity index (χ4n) is 3.04. The normalized spacial score (nSPS) is 20.2. The van der Waals surface area contributed by atoms with E-state index in [1.807, 2.05) is 6.07 Å². The minimum Gasteiger partial charge on any atom is -0.307 e. The summed E-state index contributed by atoms with van der Waals surface area (Å²) in [5, 5.41) is 3.79. The lowest BCUT2D eigenvalue weighted by Crippen LogP contribution is -2.36. The van der Waals surface area contributed by atoms with E-state index in [0.717, 1.165) is 11.5 Å². The maximum atomic E-state index is 13.5. The summed E-state index contributed by atoms with van der Waals surface area (Å²) in [5.74, 6) is 0.423. The second kappa shape index (κ2) is 6.71. The third-order valence-electron chi connectivity index (χ3n) is 4.31. The number of hydrogen-bond acceptors (Lipinski definition) is 1. The van der Waals surface area contributed by atoms with Gasteiger partial charge in [0, 0.05) is 12.1 Å². The molecule has 19 heavy (non-hydrogen) atoms. The fourth-order valence-corrected chi connectivity index (χ4v) is 3.16. The third kappa shape index (κ3) is 3.93. The molecule has 106 valence electrons. The smallest absolute Gasteiger partial charge is 0.142 e. The van der Waals surface area contributed by atoms with Gasteiger partial charge in [0.1, 0.15) is 5.82 Å². The predicted octanol–water partition coefficient (Wildman–Crippen LogP) is 5.10. The minimum absolute atomic E-state index is 0.156. The Bertz CT molecular complexity index is 415. The van der Waals surface area contributed by atoms with E-state index in [0.29, 0.717) is 6.04 Å². The number of nitrogens with one attached hydrogen (secondary N) is 1. The van der Waals surface area contributed by atoms with Crippen LogP contribution in [0.2, 0.25) is 5.02 Å². The van der Waals surface area contributed by atoms with Gasteiger partial charge in [-0.25, -0.2) is 4.39 Å². The van der Waals surface area contributed by atoms with Gasteiger partial charge >= 0.3 is 0 Å². The molecular formula is C16H23ClFN. The summed E-state index contributed by atoms with van der Waals surface area (Å²) >= 11 is 5.72. The van der Waals surface area contributed by atoms with Crippen molar-refractivity contribution in [3.63, 3.8) is 0 Å². The molecule has 0 saturated heterocycles. The summed E-state index contributed by atoms with van der Waals surface area (Å²) < 4.78 is 13.5. The zero-order chi connectivity index (χ0) is 13.8. The van der Waals surface area contributed by atoms with Gasteiger partial charge < -0.3 is 5.32 Å². The van der Waals surface area contributed by atoms with Gasteiger partial charge in [0.25, 0.3) is 0 Å². The summed E-state index contributed by atoms with van der Waals surface area (Å²) in [6, 6.07) is 5.71. The molecule has 0 radical (unpaired) electrons. The fraction of sp³-hybridized carbons (Fsp3) is 0.625. The first-order valence-electron chi connectivity index (χ1n) is 7.29. The molecule has 0 aromatic heterocycles. The molecule has 1 aliphatic rings. The van der Waals surface area contributed by atoms with E-state index in [4.69, 9.17) is 11.6 Å². The average molecular weight is 284 g/mol. The lowest BCUT2D eigenvalue weighted by Gasteiger charge is -2.30. The van der Waals surface area contributed by atoms with Crippen LogP contribution in [0.15, 0.2) is 18.2 Å². The van der Waals surface area contributed by atoms with Gasteiger partial charge in [-0.05, 0) is 50.3 Å². The Morgan fingerprint density at radius 1 is 1.21 bits per heavy atom. The van der Waals surface area contributed by atoms with Crippen molar-refractivity contribution in [3.05, 3.63) is 34.6 Å². The van der Waals surface area contributed by atoms with Gasteiger partial charge in [-0.3, -0.25) is 0 Å². The summed E-state index contributed by atoms with van der Waals surface area (Å²) in [6.45, 7) is 4.33. The van der Waals surface area contributed by atoms with Crippen LogP contribution in [0, 0.1) is 11.7 Å². The molecule has 0 aliphatic heterocycles. The lowest BCUT2D eigenvalue weighted by atomic mass is 9.84. The van der Waals surface area contributed by atoms with Crippen LogP contribution >= 0.6 is 11.6 Å². The van der Waals surface area contributed by atoms with Crippen LogP contribution in [-0.2, 0) is 0 Å². The minimum atomic E-state index is -0.335. The Hall–Kier alpha value is -0.600. The van der Waals surface area contributed by atoms with Crippen LogP contribution in [-0.4, -0.2) is 6.04 Å². The van der Waals surface area contributed by atoms with E-state index in [9.17, 15) is 4.39 Å². The molecule has 2 atom stereocenters. The molecule has 0 bridgehead atoms. The average Bonchev–Trinajstić information content (AvgIpc) is 2.42. The summed E-state index contributed by atoms with van der Waals surface area (Å²) in [7, 11) is 0. The second-order valence-electron chi connectivity index (χ2n) is 5.75. The molecule has 3 heteroatoms. The third-order valence-corrected chi connectivity index (χ3v) is 4.62. The van der Waals surface area contributed by atoms with Gasteiger partial charge in [-0.2, -0.15) is 0 Å². The maximum Gasteiger partial charge on any atom is 0.142 e. The molecule has 1 saturated carbocycles. The topological polar surface area (TPSA) is 12.0 Å². The van der Waals surface area contributed by atoms with Crippen molar-refractivity contribution in [2.45, 2.75) is 58.0 Å². The van der Waals surface area contributed by atoms with E-state index in [1.165, 1.54) is 38.2 Å². The molecule has 1 aromatic carbocycles. The first-order chi connectivity index (χ1) is 9.08. The highest BCUT2D eigenvalue weighted by Gasteiger charge is 2.21. The van der Waals surface area contributed by atoms with Crippen molar-refractivity contribution in [1.82, 2.24) is 5.32 Å². The largest absolute Gasteiger partial charge is 0.307 e. The first-order valence-corrected chi connectivity index (χ1v) is 7.66. The van der Waals surface area contributed by atoms with Gasteiger partial charge in [-0.15, -0.1) is 0 Å². The van der Waals surface area contributed by atoms with Crippen molar-refractivity contribution in [2.75, 3.05) is 0 Å². The van der Waals surface area contributed by atoms with Gasteiger partial charge in [0.15, 0.2) is 0 Å². The second-order valence-corrected chi connectivity index (χ2v) is 6.16. The molecule has 2 rings (SSSR count). The van der Waals surface area contributed by atoms with Crippen LogP contribution in [0.1, 0.15) is 57.6 Å². The molecule has 1 nitrogen and oxygen atoms in total. The van der Waals surface area contributed by atoms with Crippen molar-refractivity contribution in [1.29, 1.82) is 0 Å². The quantitative estimate of drug-likeness (QED) is 0.811. The number of rotatable bonds is 4. The van der Waals surface area contributed by atoms with Crippen molar-refractivity contribution in [3.8, 4) is 0 Å². The van der Waals surface area contributed by atoms with Gasteiger partial charge in [0.05, 0.1) is 5.02 Å². The molecule has 0 spiro atoms. The Labute approximate surface area is 120 Å². The zero-order valence-electron chi connectivity index (χ0n) is 11.8. The van der Waals surface area contributed by atoms with Crippen LogP contribution in [0.3, 0.4) is 0 Å². The predicted molar refractivity (Wildman–Crippen MR) is 79.0 cm³/mol. The number of benzene rings is 1. The van der Waals surface area contributed by atoms with Crippen molar-refractivity contribution in [2.24, 2.45) is 5.92 Å². The molecule has 1 fully saturated rings. The Morgan fingerprint density at radius 2 is 1.89 bits per heavy atom. The molecule has 1 aromatic rings. The molecule has 2 unspecified atom stereocenters. The van der Waals surface area contributed by atoms with E-state index >= 15 is 0 Å². The van der Waals surface area contributed by atoms with E-state index in [1.54, 1.807) is 6.07 Å². The van der Waals surface area contributed by atoms with E-state index in [-0.39, 0.29) is 16.9 Å². The summed E-state index contributed by atoms with van der Waals surface area (Å²) in [4.78, 5) is 0. The standard InChI is InChI=1S/C16H23ClFN/c1-11(13-6-4-3-5-7-13)19-12(2)14-8-9-15(17)16(18)10-14/h8-13,19H,3-7H2,1-2H3. The summed E-state index contributed by atoms with van der Waals surface area (Å²) in [5.41, 5.74) is 0.963. The Balaban J connectivity index is 1.95. The SMILES string of the molecule is CC(NC(C)C1CCCCC1)c1ccc(Cl)c(F)c1. The highest BCUT2D eigenvalue weighted by atomic mass is 35.5. The van der Waals surface area contributed by atoms with Crippen LogP contribution < -0.4 is 5.32 Å². The molecule has 1 N–H and O–H groups in total. The van der Waals surface area contributed by atoms with Gasteiger partial charge in [0.2, 0.25) is 0 Å². The Kier molecular flexibility index (Phi) is 5.23. The molecule has 1 aliphatic carbocycles. The molecule has 0 amide bonds. The Morgan fingerprint density at radius 3 is 2.53 bits per heavy atom. The molecular weight excluding hydrogens is 261 g/mol. The van der Waals surface area contributed by atoms with Crippen molar-refractivity contribution >= 4 is 11.6 Å². The van der Waals surface area contributed by atoms with E-state index < -0.39 is 0 Å². The monoisotopic (exact) mass is 283 g/mol. The lowest BCUT2D eigenvalue weighted by molar-refractivity contribution is 0.268. The number of hydrogen-bond donors (Lipinski definition) is 1. The number of halogens is 2. The van der Waals surface area contributed by atoms with Crippen LogP contribution in [0.4, 0.5) is 4.39 Å². The molecule has 0 heterocycles. The highest BCUT2D eigenvalue weighted by Crippen LogP contribution is 2.28. The maximum absolute atomic E-state index is 13.5. The highest BCUT2D eigenvalue weighted by molar-refractivity contribution is 6.30. The van der Waals surface area contributed by atoms with Crippen LogP contribution in [0.5, 0.6) is 0 Å². The first kappa shape index (κ1) is 14.8. The van der Waals surface area contributed by atoms with Crippen LogP contribution in [0.25, 0.3) is 0 Å². The van der Waals surface area contributed by atoms with E-state index in [2.05, 4.69) is 19.2 Å². The van der Waals surface area contributed by atoms with Gasteiger partial charge in [-0.1, -0.05) is 36.9 Å². The van der Waals surface area contributed by atoms with Crippen molar-refractivity contribution < 1.29 is 4.39 Å². The zero-order valence-corrected chi connectivity index (χ0v) is 12.5.